The van der Waals surface area contributed by atoms with Crippen molar-refractivity contribution in [3.05, 3.63) is 29.3 Å². The number of hydrogen-bond donors (Lipinski definition) is 2. The number of nitrogens with one attached hydrogen (secondary N) is 1. The van der Waals surface area contributed by atoms with E-state index in [1.807, 2.05) is 13.0 Å². The molecule has 0 bridgehead atoms. The van der Waals surface area contributed by atoms with Crippen LogP contribution in [0.25, 0.3) is 0 Å². The molecule has 0 spiro atoms. The number of nitrogens with two attached hydrogens (primary N) is 1. The average Bonchev–Trinajstić information content (AvgIpc) is 2.85. The van der Waals surface area contributed by atoms with Crippen molar-refractivity contribution in [1.29, 1.82) is 0 Å². The summed E-state index contributed by atoms with van der Waals surface area (Å²) >= 11 is 0. The van der Waals surface area contributed by atoms with Crippen LogP contribution in [0.1, 0.15) is 28.8 Å². The number of carbonyl (C=O) groups is 1. The van der Waals surface area contributed by atoms with E-state index in [4.69, 9.17) is 10.5 Å². The summed E-state index contributed by atoms with van der Waals surface area (Å²) in [5.41, 5.74) is 8.07. The van der Waals surface area contributed by atoms with Gasteiger partial charge in [-0.05, 0) is 43.4 Å². The Bertz CT molecular complexity index is 426. The number of carbonyl (C=O) groups excluding carboxylic acids is 1. The Labute approximate surface area is 108 Å². The largest absolute Gasteiger partial charge is 0.398 e. The lowest BCUT2D eigenvalue weighted by atomic mass is 10.1. The second kappa shape index (κ2) is 5.87. The molecule has 98 valence electrons. The van der Waals surface area contributed by atoms with Crippen LogP contribution in [0.4, 0.5) is 5.69 Å². The molecule has 1 aromatic carbocycles. The molecule has 1 aliphatic rings. The number of hydrogen-bond acceptors (Lipinski definition) is 3. The second-order valence-corrected chi connectivity index (χ2v) is 4.85. The van der Waals surface area contributed by atoms with E-state index in [1.165, 1.54) is 0 Å². The average molecular weight is 248 g/mol. The van der Waals surface area contributed by atoms with Crippen LogP contribution in [0.15, 0.2) is 18.2 Å². The Hall–Kier alpha value is -1.55. The zero-order valence-electron chi connectivity index (χ0n) is 10.7. The molecule has 18 heavy (non-hydrogen) atoms. The number of ether oxygens (including phenoxy) is 1. The number of anilines is 1. The van der Waals surface area contributed by atoms with Crippen molar-refractivity contribution in [1.82, 2.24) is 5.32 Å². The van der Waals surface area contributed by atoms with Crippen LogP contribution in [0.3, 0.4) is 0 Å². The molecular weight excluding hydrogens is 228 g/mol. The minimum Gasteiger partial charge on any atom is -0.398 e. The van der Waals surface area contributed by atoms with Crippen LogP contribution in [-0.2, 0) is 4.74 Å². The first-order valence-electron chi connectivity index (χ1n) is 6.39. The standard InChI is InChI=1S/C14H20N2O2/c1-10-2-3-12(8-13(10)15)14(17)16-6-4-11-5-7-18-9-11/h2-3,8,11H,4-7,9,15H2,1H3,(H,16,17). The molecule has 1 atom stereocenters. The van der Waals surface area contributed by atoms with E-state index < -0.39 is 0 Å². The first-order valence-corrected chi connectivity index (χ1v) is 6.39. The van der Waals surface area contributed by atoms with Crippen LogP contribution in [0.5, 0.6) is 0 Å². The molecule has 0 aromatic heterocycles. The monoisotopic (exact) mass is 248 g/mol. The summed E-state index contributed by atoms with van der Waals surface area (Å²) in [7, 11) is 0. The van der Waals surface area contributed by atoms with Gasteiger partial charge in [-0.25, -0.2) is 0 Å². The van der Waals surface area contributed by atoms with Crippen LogP contribution in [0, 0.1) is 12.8 Å². The summed E-state index contributed by atoms with van der Waals surface area (Å²) in [6.07, 6.45) is 2.08. The van der Waals surface area contributed by atoms with E-state index in [0.717, 1.165) is 31.6 Å². The summed E-state index contributed by atoms with van der Waals surface area (Å²) < 4.78 is 5.30. The third kappa shape index (κ3) is 3.23. The maximum atomic E-state index is 11.9. The number of benzene rings is 1. The second-order valence-electron chi connectivity index (χ2n) is 4.85. The highest BCUT2D eigenvalue weighted by Gasteiger charge is 2.15. The van der Waals surface area contributed by atoms with E-state index in [9.17, 15) is 4.79 Å². The third-order valence-corrected chi connectivity index (χ3v) is 3.40. The minimum atomic E-state index is -0.0550. The Morgan fingerprint density at radius 3 is 3.06 bits per heavy atom. The van der Waals surface area contributed by atoms with Gasteiger partial charge in [-0.1, -0.05) is 6.07 Å². The first-order chi connectivity index (χ1) is 8.66. The molecule has 4 nitrogen and oxygen atoms in total. The number of nitrogen functional groups attached to an aromatic ring is 1. The normalized spacial score (nSPS) is 18.8. The van der Waals surface area contributed by atoms with Gasteiger partial charge in [-0.2, -0.15) is 0 Å². The summed E-state index contributed by atoms with van der Waals surface area (Å²) in [6.45, 7) is 4.30. The molecule has 1 aliphatic heterocycles. The maximum absolute atomic E-state index is 11.9. The molecule has 1 saturated heterocycles. The Kier molecular flexibility index (Phi) is 4.20. The highest BCUT2D eigenvalue weighted by Crippen LogP contribution is 2.16. The van der Waals surface area contributed by atoms with Crippen molar-refractivity contribution in [2.45, 2.75) is 19.8 Å². The molecule has 1 aromatic rings. The fourth-order valence-electron chi connectivity index (χ4n) is 2.08. The van der Waals surface area contributed by atoms with Gasteiger partial charge in [0.1, 0.15) is 0 Å². The molecule has 1 amide bonds. The van der Waals surface area contributed by atoms with Crippen molar-refractivity contribution < 1.29 is 9.53 Å². The van der Waals surface area contributed by atoms with E-state index in [0.29, 0.717) is 23.7 Å². The van der Waals surface area contributed by atoms with Crippen LogP contribution in [-0.4, -0.2) is 25.7 Å². The summed E-state index contributed by atoms with van der Waals surface area (Å²) in [5.74, 6) is 0.536. The highest BCUT2D eigenvalue weighted by atomic mass is 16.5. The predicted molar refractivity (Wildman–Crippen MR) is 71.5 cm³/mol. The lowest BCUT2D eigenvalue weighted by Gasteiger charge is -2.09. The van der Waals surface area contributed by atoms with Crippen molar-refractivity contribution >= 4 is 11.6 Å². The van der Waals surface area contributed by atoms with Crippen LogP contribution >= 0.6 is 0 Å². The molecule has 2 rings (SSSR count). The van der Waals surface area contributed by atoms with Crippen molar-refractivity contribution in [2.75, 3.05) is 25.5 Å². The van der Waals surface area contributed by atoms with Crippen LogP contribution in [0.2, 0.25) is 0 Å². The Balaban J connectivity index is 1.81. The summed E-state index contributed by atoms with van der Waals surface area (Å²) in [6, 6.07) is 5.40. The minimum absolute atomic E-state index is 0.0550. The maximum Gasteiger partial charge on any atom is 0.251 e. The topological polar surface area (TPSA) is 64.3 Å². The summed E-state index contributed by atoms with van der Waals surface area (Å²) in [4.78, 5) is 11.9. The SMILES string of the molecule is Cc1ccc(C(=O)NCCC2CCOC2)cc1N. The van der Waals surface area contributed by atoms with Gasteiger partial charge in [0, 0.05) is 31.0 Å². The molecular formula is C14H20N2O2. The van der Waals surface area contributed by atoms with Gasteiger partial charge in [-0.15, -0.1) is 0 Å². The lowest BCUT2D eigenvalue weighted by molar-refractivity contribution is 0.0950. The number of amides is 1. The van der Waals surface area contributed by atoms with E-state index in [1.54, 1.807) is 12.1 Å². The zero-order chi connectivity index (χ0) is 13.0. The molecule has 1 unspecified atom stereocenters. The van der Waals surface area contributed by atoms with Gasteiger partial charge in [-0.3, -0.25) is 4.79 Å². The number of aryl methyl sites for hydroxylation is 1. The van der Waals surface area contributed by atoms with Gasteiger partial charge < -0.3 is 15.8 Å². The molecule has 0 saturated carbocycles. The van der Waals surface area contributed by atoms with Gasteiger partial charge >= 0.3 is 0 Å². The molecule has 4 heteroatoms. The fourth-order valence-corrected chi connectivity index (χ4v) is 2.08. The van der Waals surface area contributed by atoms with Gasteiger partial charge in [0.2, 0.25) is 0 Å². The third-order valence-electron chi connectivity index (χ3n) is 3.40. The predicted octanol–water partition coefficient (Wildman–Crippen LogP) is 1.73. The fraction of sp³-hybridized carbons (Fsp3) is 0.500. The molecule has 0 radical (unpaired) electrons. The zero-order valence-corrected chi connectivity index (χ0v) is 10.7. The van der Waals surface area contributed by atoms with Crippen LogP contribution < -0.4 is 11.1 Å². The molecule has 1 fully saturated rings. The number of rotatable bonds is 4. The highest BCUT2D eigenvalue weighted by molar-refractivity contribution is 5.95. The van der Waals surface area contributed by atoms with Gasteiger partial charge in [0.05, 0.1) is 0 Å². The van der Waals surface area contributed by atoms with Gasteiger partial charge in [0.25, 0.3) is 5.91 Å². The van der Waals surface area contributed by atoms with E-state index >= 15 is 0 Å². The molecule has 0 aliphatic carbocycles. The quantitative estimate of drug-likeness (QED) is 0.798. The first kappa shape index (κ1) is 12.9. The van der Waals surface area contributed by atoms with E-state index in [-0.39, 0.29) is 5.91 Å². The van der Waals surface area contributed by atoms with Crippen molar-refractivity contribution in [3.8, 4) is 0 Å². The Morgan fingerprint density at radius 1 is 1.56 bits per heavy atom. The molecule has 1 heterocycles. The molecule has 3 N–H and O–H groups in total. The van der Waals surface area contributed by atoms with Crippen molar-refractivity contribution in [2.24, 2.45) is 5.92 Å². The smallest absolute Gasteiger partial charge is 0.251 e. The van der Waals surface area contributed by atoms with E-state index in [2.05, 4.69) is 5.32 Å². The lowest BCUT2D eigenvalue weighted by Crippen LogP contribution is -2.26. The van der Waals surface area contributed by atoms with Gasteiger partial charge in [0.15, 0.2) is 0 Å². The Morgan fingerprint density at radius 2 is 2.39 bits per heavy atom. The van der Waals surface area contributed by atoms with Crippen molar-refractivity contribution in [3.63, 3.8) is 0 Å². The summed E-state index contributed by atoms with van der Waals surface area (Å²) in [5, 5.41) is 2.92.